The van der Waals surface area contributed by atoms with Gasteiger partial charge in [-0.3, -0.25) is 4.90 Å². The first-order valence-corrected chi connectivity index (χ1v) is 8.89. The van der Waals surface area contributed by atoms with Gasteiger partial charge in [0.2, 0.25) is 0 Å². The van der Waals surface area contributed by atoms with Crippen LogP contribution in [0.5, 0.6) is 0 Å². The van der Waals surface area contributed by atoms with Crippen molar-refractivity contribution in [2.45, 2.75) is 26.8 Å². The van der Waals surface area contributed by atoms with E-state index >= 15 is 0 Å². The fraction of sp³-hybridized carbons (Fsp3) is 0.588. The number of urea groups is 1. The largest absolute Gasteiger partial charge is 0.379 e. The van der Waals surface area contributed by atoms with E-state index in [1.807, 2.05) is 25.1 Å². The van der Waals surface area contributed by atoms with Gasteiger partial charge in [0, 0.05) is 35.8 Å². The number of ether oxygens (including phenoxy) is 1. The lowest BCUT2D eigenvalue weighted by atomic mass is 10.0. The van der Waals surface area contributed by atoms with Crippen molar-refractivity contribution in [3.63, 3.8) is 0 Å². The number of carbonyl (C=O) groups excluding carboxylic acids is 1. The third kappa shape index (κ3) is 5.48. The second-order valence-corrected chi connectivity index (χ2v) is 7.11. The molecule has 2 rings (SSSR count). The highest BCUT2D eigenvalue weighted by molar-refractivity contribution is 9.10. The zero-order valence-corrected chi connectivity index (χ0v) is 15.6. The Labute approximate surface area is 146 Å². The van der Waals surface area contributed by atoms with Gasteiger partial charge in [0.15, 0.2) is 0 Å². The molecule has 1 aromatic carbocycles. The number of amides is 2. The number of hydrogen-bond acceptors (Lipinski definition) is 3. The summed E-state index contributed by atoms with van der Waals surface area (Å²) in [5.74, 6) is 0.474. The molecule has 1 aromatic rings. The van der Waals surface area contributed by atoms with Gasteiger partial charge in [-0.15, -0.1) is 0 Å². The number of morpholine rings is 1. The Bertz CT molecular complexity index is 531. The van der Waals surface area contributed by atoms with E-state index in [2.05, 4.69) is 45.3 Å². The molecule has 2 amide bonds. The molecule has 1 atom stereocenters. The van der Waals surface area contributed by atoms with Crippen LogP contribution in [-0.4, -0.2) is 49.8 Å². The summed E-state index contributed by atoms with van der Waals surface area (Å²) in [7, 11) is 0. The summed E-state index contributed by atoms with van der Waals surface area (Å²) >= 11 is 3.48. The molecule has 0 bridgehead atoms. The normalized spacial score (nSPS) is 17.1. The Kier molecular flexibility index (Phi) is 6.87. The van der Waals surface area contributed by atoms with Crippen molar-refractivity contribution in [3.05, 3.63) is 28.2 Å². The van der Waals surface area contributed by atoms with E-state index in [1.54, 1.807) is 0 Å². The van der Waals surface area contributed by atoms with E-state index in [4.69, 9.17) is 4.74 Å². The van der Waals surface area contributed by atoms with Crippen molar-refractivity contribution >= 4 is 27.6 Å². The lowest BCUT2D eigenvalue weighted by Crippen LogP contribution is -2.51. The number of benzene rings is 1. The van der Waals surface area contributed by atoms with Crippen LogP contribution < -0.4 is 10.6 Å². The Hall–Kier alpha value is -1.11. The van der Waals surface area contributed by atoms with Crippen LogP contribution in [0.25, 0.3) is 0 Å². The van der Waals surface area contributed by atoms with E-state index in [9.17, 15) is 4.79 Å². The molecule has 1 aliphatic rings. The van der Waals surface area contributed by atoms with E-state index in [0.717, 1.165) is 42.0 Å². The van der Waals surface area contributed by atoms with Crippen molar-refractivity contribution in [1.82, 2.24) is 10.2 Å². The van der Waals surface area contributed by atoms with Gasteiger partial charge in [0.25, 0.3) is 0 Å². The molecule has 5 nitrogen and oxygen atoms in total. The highest BCUT2D eigenvalue weighted by Gasteiger charge is 2.24. The molecule has 0 saturated carbocycles. The highest BCUT2D eigenvalue weighted by Crippen LogP contribution is 2.20. The Morgan fingerprint density at radius 2 is 2.04 bits per heavy atom. The van der Waals surface area contributed by atoms with Gasteiger partial charge in [0.05, 0.1) is 13.2 Å². The smallest absolute Gasteiger partial charge is 0.319 e. The fourth-order valence-electron chi connectivity index (χ4n) is 2.74. The van der Waals surface area contributed by atoms with Crippen LogP contribution >= 0.6 is 15.9 Å². The van der Waals surface area contributed by atoms with E-state index in [0.29, 0.717) is 18.5 Å². The van der Waals surface area contributed by atoms with Crippen LogP contribution in [0.3, 0.4) is 0 Å². The van der Waals surface area contributed by atoms with Crippen LogP contribution in [0.2, 0.25) is 0 Å². The minimum absolute atomic E-state index is 0.167. The Morgan fingerprint density at radius 1 is 1.35 bits per heavy atom. The van der Waals surface area contributed by atoms with E-state index < -0.39 is 0 Å². The molecular weight excluding hydrogens is 358 g/mol. The molecule has 0 radical (unpaired) electrons. The average Bonchev–Trinajstić information content (AvgIpc) is 2.52. The van der Waals surface area contributed by atoms with Crippen LogP contribution in [0.4, 0.5) is 10.5 Å². The maximum atomic E-state index is 12.1. The maximum absolute atomic E-state index is 12.1. The van der Waals surface area contributed by atoms with Crippen LogP contribution in [0.15, 0.2) is 22.7 Å². The molecule has 6 heteroatoms. The number of rotatable bonds is 5. The topological polar surface area (TPSA) is 53.6 Å². The zero-order chi connectivity index (χ0) is 16.8. The van der Waals surface area contributed by atoms with Gasteiger partial charge in [-0.05, 0) is 30.5 Å². The van der Waals surface area contributed by atoms with Gasteiger partial charge in [0.1, 0.15) is 0 Å². The average molecular weight is 384 g/mol. The first-order chi connectivity index (χ1) is 11.0. The molecule has 1 fully saturated rings. The summed E-state index contributed by atoms with van der Waals surface area (Å²) in [4.78, 5) is 14.5. The third-order valence-corrected chi connectivity index (χ3v) is 5.04. The molecule has 2 N–H and O–H groups in total. The van der Waals surface area contributed by atoms with Crippen molar-refractivity contribution in [2.75, 3.05) is 38.2 Å². The molecule has 23 heavy (non-hydrogen) atoms. The van der Waals surface area contributed by atoms with Gasteiger partial charge in [-0.2, -0.15) is 0 Å². The van der Waals surface area contributed by atoms with Crippen LogP contribution in [-0.2, 0) is 4.74 Å². The number of nitrogens with zero attached hydrogens (tertiary/aromatic N) is 1. The summed E-state index contributed by atoms with van der Waals surface area (Å²) < 4.78 is 6.40. The number of carbonyl (C=O) groups is 1. The van der Waals surface area contributed by atoms with E-state index in [-0.39, 0.29) is 6.03 Å². The first-order valence-electron chi connectivity index (χ1n) is 8.10. The number of anilines is 1. The summed E-state index contributed by atoms with van der Waals surface area (Å²) in [5.41, 5.74) is 1.93. The van der Waals surface area contributed by atoms with Crippen LogP contribution in [0, 0.1) is 12.8 Å². The molecule has 1 aliphatic heterocycles. The van der Waals surface area contributed by atoms with Gasteiger partial charge in [-0.25, -0.2) is 4.79 Å². The third-order valence-electron chi connectivity index (χ3n) is 4.19. The van der Waals surface area contributed by atoms with Crippen molar-refractivity contribution in [1.29, 1.82) is 0 Å². The quantitative estimate of drug-likeness (QED) is 0.820. The predicted molar refractivity (Wildman–Crippen MR) is 96.9 cm³/mol. The molecule has 1 heterocycles. The summed E-state index contributed by atoms with van der Waals surface area (Å²) in [6.07, 6.45) is 0. The van der Waals surface area contributed by atoms with Crippen molar-refractivity contribution in [2.24, 2.45) is 5.92 Å². The predicted octanol–water partition coefficient (Wildman–Crippen LogP) is 3.24. The SMILES string of the molecule is Cc1ccc(NC(=O)NC[C@@H](C(C)C)N2CCOCC2)cc1Br. The fourth-order valence-corrected chi connectivity index (χ4v) is 3.12. The molecule has 0 unspecified atom stereocenters. The summed E-state index contributed by atoms with van der Waals surface area (Å²) in [5, 5.41) is 5.88. The maximum Gasteiger partial charge on any atom is 0.319 e. The van der Waals surface area contributed by atoms with E-state index in [1.165, 1.54) is 0 Å². The highest BCUT2D eigenvalue weighted by atomic mass is 79.9. The van der Waals surface area contributed by atoms with Gasteiger partial charge < -0.3 is 15.4 Å². The second kappa shape index (κ2) is 8.66. The molecule has 0 spiro atoms. The molecular formula is C17H26BrN3O2. The Morgan fingerprint density at radius 3 is 2.65 bits per heavy atom. The molecule has 0 aromatic heterocycles. The lowest BCUT2D eigenvalue weighted by molar-refractivity contribution is 0.00728. The molecule has 128 valence electrons. The number of hydrogen-bond donors (Lipinski definition) is 2. The minimum Gasteiger partial charge on any atom is -0.379 e. The van der Waals surface area contributed by atoms with Crippen molar-refractivity contribution in [3.8, 4) is 0 Å². The summed E-state index contributed by atoms with van der Waals surface area (Å²) in [6, 6.07) is 5.96. The number of nitrogens with one attached hydrogen (secondary N) is 2. The Balaban J connectivity index is 1.86. The monoisotopic (exact) mass is 383 g/mol. The summed E-state index contributed by atoms with van der Waals surface area (Å²) in [6.45, 7) is 10.4. The number of aryl methyl sites for hydroxylation is 1. The molecule has 0 aliphatic carbocycles. The number of halogens is 1. The minimum atomic E-state index is -0.167. The van der Waals surface area contributed by atoms with Crippen molar-refractivity contribution < 1.29 is 9.53 Å². The first kappa shape index (κ1) is 18.2. The van der Waals surface area contributed by atoms with Gasteiger partial charge in [-0.1, -0.05) is 35.8 Å². The zero-order valence-electron chi connectivity index (χ0n) is 14.1. The van der Waals surface area contributed by atoms with Crippen LogP contribution in [0.1, 0.15) is 19.4 Å². The standard InChI is InChI=1S/C17H26BrN3O2/c1-12(2)16(21-6-8-23-9-7-21)11-19-17(22)20-14-5-4-13(3)15(18)10-14/h4-5,10,12,16H,6-9,11H2,1-3H3,(H2,19,20,22)/t16-/m0/s1. The van der Waals surface area contributed by atoms with Gasteiger partial charge >= 0.3 is 6.03 Å². The second-order valence-electron chi connectivity index (χ2n) is 6.26. The lowest BCUT2D eigenvalue weighted by Gasteiger charge is -2.36. The molecule has 1 saturated heterocycles.